The molecule has 1 heterocycles. The van der Waals surface area contributed by atoms with Crippen molar-refractivity contribution < 1.29 is 27.5 Å². The zero-order valence-corrected chi connectivity index (χ0v) is 17.1. The molecule has 27 heavy (non-hydrogen) atoms. The van der Waals surface area contributed by atoms with Gasteiger partial charge < -0.3 is 21.8 Å². The first-order valence-corrected chi connectivity index (χ1v) is 10.7. The van der Waals surface area contributed by atoms with Crippen LogP contribution in [0.2, 0.25) is 0 Å². The van der Waals surface area contributed by atoms with Crippen LogP contribution in [0.15, 0.2) is 12.1 Å². The van der Waals surface area contributed by atoms with Gasteiger partial charge in [-0.2, -0.15) is 8.42 Å². The van der Waals surface area contributed by atoms with E-state index in [0.29, 0.717) is 4.73 Å². The standard InChI is InChI=1S/C17H32N4O4S.H2O/c1-3-5-7-9-11-20(12-10-8-6-4-2)15-13-16(18)21(17(19)14-15)25-26(22,23)24;/h13-14H,3-12H2,1-2H3,(H4,18,19,22,23,24);1H2. The van der Waals surface area contributed by atoms with Gasteiger partial charge in [0.25, 0.3) is 11.6 Å². The molecule has 1 rings (SSSR count). The van der Waals surface area contributed by atoms with E-state index in [9.17, 15) is 8.42 Å². The van der Waals surface area contributed by atoms with Crippen molar-refractivity contribution in [1.82, 2.24) is 0 Å². The first kappa shape index (κ1) is 25.2. The highest BCUT2D eigenvalue weighted by molar-refractivity contribution is 7.80. The van der Waals surface area contributed by atoms with E-state index in [1.807, 2.05) is 0 Å². The smallest absolute Gasteiger partial charge is 0.476 e. The van der Waals surface area contributed by atoms with E-state index in [2.05, 4.69) is 23.0 Å². The van der Waals surface area contributed by atoms with Crippen molar-refractivity contribution in [2.45, 2.75) is 65.2 Å². The first-order valence-electron chi connectivity index (χ1n) is 9.31. The molecule has 0 aliphatic heterocycles. The second kappa shape index (κ2) is 12.6. The average Bonchev–Trinajstić information content (AvgIpc) is 2.55. The molecule has 0 saturated heterocycles. The summed E-state index contributed by atoms with van der Waals surface area (Å²) in [6.07, 6.45) is 9.20. The van der Waals surface area contributed by atoms with Crippen LogP contribution >= 0.6 is 0 Å². The summed E-state index contributed by atoms with van der Waals surface area (Å²) in [4.78, 5) is 2.22. The van der Waals surface area contributed by atoms with Crippen LogP contribution in [0.25, 0.3) is 0 Å². The van der Waals surface area contributed by atoms with Gasteiger partial charge in [0.2, 0.25) is 0 Å². The molecule has 0 atom stereocenters. The van der Waals surface area contributed by atoms with Gasteiger partial charge in [-0.05, 0) is 17.6 Å². The number of anilines is 3. The molecule has 0 unspecified atom stereocenters. The minimum atomic E-state index is -4.71. The minimum absolute atomic E-state index is 0. The Morgan fingerprint density at radius 2 is 1.41 bits per heavy atom. The minimum Gasteiger partial charge on any atom is -0.870 e. The Hall–Kier alpha value is -1.78. The highest BCUT2D eigenvalue weighted by Gasteiger charge is 2.20. The molecule has 0 spiro atoms. The quantitative estimate of drug-likeness (QED) is 0.256. The molecule has 1 aromatic rings. The van der Waals surface area contributed by atoms with Gasteiger partial charge in [0.05, 0.1) is 5.69 Å². The molecule has 10 heteroatoms. The number of rotatable bonds is 13. The molecule has 0 fully saturated rings. The van der Waals surface area contributed by atoms with Crippen LogP contribution in [0.1, 0.15) is 65.2 Å². The van der Waals surface area contributed by atoms with Gasteiger partial charge in [-0.15, -0.1) is 0 Å². The van der Waals surface area contributed by atoms with Crippen molar-refractivity contribution in [2.75, 3.05) is 29.5 Å². The lowest BCUT2D eigenvalue weighted by atomic mass is 10.1. The molecule has 0 radical (unpaired) electrons. The molecule has 1 aromatic heterocycles. The summed E-state index contributed by atoms with van der Waals surface area (Å²) in [5, 5.41) is 0. The Kier molecular flexibility index (Phi) is 11.7. The Labute approximate surface area is 162 Å². The van der Waals surface area contributed by atoms with Gasteiger partial charge in [0.1, 0.15) is 0 Å². The topological polar surface area (TPSA) is 153 Å². The van der Waals surface area contributed by atoms with Crippen LogP contribution in [0, 0.1) is 0 Å². The average molecular weight is 407 g/mol. The number of nitrogens with two attached hydrogens (primary N) is 2. The highest BCUT2D eigenvalue weighted by atomic mass is 32.3. The van der Waals surface area contributed by atoms with E-state index >= 15 is 0 Å². The fourth-order valence-corrected chi connectivity index (χ4v) is 3.16. The Balaban J connectivity index is 0.00000676. The van der Waals surface area contributed by atoms with E-state index in [1.165, 1.54) is 25.7 Å². The monoisotopic (exact) mass is 406 g/mol. The van der Waals surface area contributed by atoms with E-state index in [1.54, 1.807) is 12.1 Å². The lowest BCUT2D eigenvalue weighted by Gasteiger charge is -2.25. The number of unbranched alkanes of at least 4 members (excludes halogenated alkanes) is 6. The fourth-order valence-electron chi connectivity index (χ4n) is 2.80. The summed E-state index contributed by atoms with van der Waals surface area (Å²) in [6, 6.07) is 3.22. The number of nitrogens with zero attached hydrogens (tertiary/aromatic N) is 2. The van der Waals surface area contributed by atoms with Crippen LogP contribution in [-0.4, -0.2) is 31.5 Å². The van der Waals surface area contributed by atoms with Crippen molar-refractivity contribution in [2.24, 2.45) is 0 Å². The van der Waals surface area contributed by atoms with Gasteiger partial charge in [0.15, 0.2) is 0 Å². The third-order valence-electron chi connectivity index (χ3n) is 4.16. The van der Waals surface area contributed by atoms with E-state index in [-0.39, 0.29) is 17.1 Å². The van der Waals surface area contributed by atoms with Crippen molar-refractivity contribution in [3.05, 3.63) is 12.1 Å². The third kappa shape index (κ3) is 9.64. The fraction of sp³-hybridized carbons (Fsp3) is 0.706. The summed E-state index contributed by atoms with van der Waals surface area (Å²) in [5.74, 6) is 0.00878. The Morgan fingerprint density at radius 3 is 1.78 bits per heavy atom. The van der Waals surface area contributed by atoms with Crippen LogP contribution in [0.5, 0.6) is 0 Å². The van der Waals surface area contributed by atoms with E-state index < -0.39 is 10.4 Å². The first-order chi connectivity index (χ1) is 12.3. The Morgan fingerprint density at radius 1 is 0.963 bits per heavy atom. The number of nitrogen functional groups attached to an aromatic ring is 2. The van der Waals surface area contributed by atoms with Crippen LogP contribution < -0.4 is 25.4 Å². The van der Waals surface area contributed by atoms with Gasteiger partial charge in [-0.1, -0.05) is 52.4 Å². The molecule has 0 saturated carbocycles. The molecule has 158 valence electrons. The summed E-state index contributed by atoms with van der Waals surface area (Å²) >= 11 is 0. The van der Waals surface area contributed by atoms with E-state index in [0.717, 1.165) is 44.5 Å². The zero-order valence-electron chi connectivity index (χ0n) is 16.3. The summed E-state index contributed by atoms with van der Waals surface area (Å²) in [5.41, 5.74) is 12.6. The molecule has 6 N–H and O–H groups in total. The van der Waals surface area contributed by atoms with Crippen molar-refractivity contribution >= 4 is 27.7 Å². The maximum Gasteiger partial charge on any atom is 0.476 e. The number of pyridine rings is 1. The predicted molar refractivity (Wildman–Crippen MR) is 106 cm³/mol. The van der Waals surface area contributed by atoms with Crippen LogP contribution in [0.4, 0.5) is 17.3 Å². The SMILES string of the molecule is CCCCCCN(CCCCCC)c1cc(N)[n+](OS(=O)(=O)O)c(N)c1.[OH-]. The summed E-state index contributed by atoms with van der Waals surface area (Å²) in [6.45, 7) is 6.12. The van der Waals surface area contributed by atoms with Gasteiger partial charge in [-0.25, -0.2) is 4.28 Å². The molecule has 9 nitrogen and oxygen atoms in total. The van der Waals surface area contributed by atoms with Crippen molar-refractivity contribution in [3.63, 3.8) is 0 Å². The molecular weight excluding hydrogens is 372 g/mol. The second-order valence-electron chi connectivity index (χ2n) is 6.47. The van der Waals surface area contributed by atoms with E-state index in [4.69, 9.17) is 16.0 Å². The summed E-state index contributed by atoms with van der Waals surface area (Å²) in [7, 11) is -4.71. The largest absolute Gasteiger partial charge is 0.870 e. The van der Waals surface area contributed by atoms with Gasteiger partial charge in [-0.3, -0.25) is 4.55 Å². The van der Waals surface area contributed by atoms with Gasteiger partial charge in [0, 0.05) is 25.2 Å². The highest BCUT2D eigenvalue weighted by Crippen LogP contribution is 2.20. The van der Waals surface area contributed by atoms with Crippen molar-refractivity contribution in [3.8, 4) is 0 Å². The molecule has 0 aliphatic rings. The normalized spacial score (nSPS) is 11.1. The van der Waals surface area contributed by atoms with Gasteiger partial charge >= 0.3 is 10.4 Å². The number of hydrogen-bond donors (Lipinski definition) is 3. The maximum absolute atomic E-state index is 10.9. The predicted octanol–water partition coefficient (Wildman–Crippen LogP) is 2.16. The van der Waals surface area contributed by atoms with Crippen molar-refractivity contribution in [1.29, 1.82) is 0 Å². The molecular formula is C17H34N4O5S. The summed E-state index contributed by atoms with van der Waals surface area (Å²) < 4.78 is 35.8. The molecule has 0 bridgehead atoms. The lowest BCUT2D eigenvalue weighted by molar-refractivity contribution is -0.833. The van der Waals surface area contributed by atoms with Crippen LogP contribution in [-0.2, 0) is 10.4 Å². The third-order valence-corrected chi connectivity index (χ3v) is 4.50. The lowest BCUT2D eigenvalue weighted by Crippen LogP contribution is -2.50. The molecule has 0 aromatic carbocycles. The number of aromatic nitrogens is 1. The Bertz CT molecular complexity index is 620. The zero-order chi connectivity index (χ0) is 19.6. The molecule has 0 amide bonds. The molecule has 0 aliphatic carbocycles. The maximum atomic E-state index is 10.9. The second-order valence-corrected chi connectivity index (χ2v) is 7.47. The number of hydrogen-bond acceptors (Lipinski definition) is 7. The van der Waals surface area contributed by atoms with Crippen LogP contribution in [0.3, 0.4) is 0 Å².